The van der Waals surface area contributed by atoms with Gasteiger partial charge in [-0.3, -0.25) is 0 Å². The SMILES string of the molecule is C=C(C)[C@H]1CC2(CCN(S(=O)(=O)c3cccc(-c4cccc(OCC)c4)c3)CC2)CO[C@@H]1c1c(C)cc(C(C)C)cc1OCC(=O)O. The van der Waals surface area contributed by atoms with E-state index >= 15 is 0 Å². The maximum atomic E-state index is 13.9. The van der Waals surface area contributed by atoms with Crippen LogP contribution in [0.1, 0.15) is 75.7 Å². The molecule has 1 spiro atoms. The number of sulfonamides is 1. The van der Waals surface area contributed by atoms with Gasteiger partial charge in [0, 0.05) is 24.6 Å². The average Bonchev–Trinajstić information content (AvgIpc) is 3.04. The average molecular weight is 662 g/mol. The van der Waals surface area contributed by atoms with E-state index in [2.05, 4.69) is 26.5 Å². The fraction of sp³-hybridized carbons (Fsp3) is 0.447. The van der Waals surface area contributed by atoms with E-state index in [1.54, 1.807) is 22.5 Å². The Balaban J connectivity index is 1.34. The van der Waals surface area contributed by atoms with Gasteiger partial charge in [0.2, 0.25) is 10.0 Å². The molecule has 3 aromatic rings. The van der Waals surface area contributed by atoms with E-state index in [1.165, 1.54) is 0 Å². The molecule has 252 valence electrons. The van der Waals surface area contributed by atoms with Gasteiger partial charge in [-0.2, -0.15) is 4.31 Å². The number of piperidine rings is 1. The largest absolute Gasteiger partial charge is 0.494 e. The summed E-state index contributed by atoms with van der Waals surface area (Å²) in [7, 11) is -3.71. The standard InChI is InChI=1S/C38H47NO7S/c1-7-44-31-12-8-10-28(19-31)29-11-9-13-32(20-29)47(42,43)39-16-14-38(15-17-39)22-33(26(4)5)37(46-24-38)36-27(6)18-30(25(2)3)21-34(36)45-23-35(40)41/h8-13,18-21,25,33,37H,4,7,14-17,22-24H2,1-3,5-6H3,(H,40,41)/t33-,37+/m1/s1. The van der Waals surface area contributed by atoms with E-state index in [1.807, 2.05) is 57.2 Å². The molecule has 2 atom stereocenters. The molecule has 2 saturated heterocycles. The minimum Gasteiger partial charge on any atom is -0.494 e. The number of benzene rings is 3. The van der Waals surface area contributed by atoms with Crippen LogP contribution in [0.4, 0.5) is 0 Å². The third-order valence-corrected chi connectivity index (χ3v) is 11.5. The number of aliphatic carboxylic acids is 1. The van der Waals surface area contributed by atoms with Crippen molar-refractivity contribution in [2.45, 2.75) is 70.8 Å². The molecule has 8 nitrogen and oxygen atoms in total. The van der Waals surface area contributed by atoms with Gasteiger partial charge in [0.1, 0.15) is 11.5 Å². The number of carbonyl (C=O) groups is 1. The number of aryl methyl sites for hydroxylation is 1. The quantitative estimate of drug-likeness (QED) is 0.210. The van der Waals surface area contributed by atoms with Gasteiger partial charge in [-0.05, 0) is 104 Å². The first-order valence-corrected chi connectivity index (χ1v) is 17.9. The first-order chi connectivity index (χ1) is 22.3. The van der Waals surface area contributed by atoms with E-state index < -0.39 is 22.6 Å². The van der Waals surface area contributed by atoms with Crippen molar-refractivity contribution >= 4 is 16.0 Å². The van der Waals surface area contributed by atoms with E-state index in [9.17, 15) is 18.3 Å². The number of nitrogens with zero attached hydrogens (tertiary/aromatic N) is 1. The lowest BCUT2D eigenvalue weighted by molar-refractivity contribution is -0.139. The molecule has 47 heavy (non-hydrogen) atoms. The number of hydrogen-bond acceptors (Lipinski definition) is 6. The van der Waals surface area contributed by atoms with Crippen molar-refractivity contribution in [2.24, 2.45) is 11.3 Å². The smallest absolute Gasteiger partial charge is 0.341 e. The van der Waals surface area contributed by atoms with Crippen LogP contribution < -0.4 is 9.47 Å². The Morgan fingerprint density at radius 2 is 1.74 bits per heavy atom. The van der Waals surface area contributed by atoms with Gasteiger partial charge in [0.15, 0.2) is 6.61 Å². The zero-order valence-electron chi connectivity index (χ0n) is 28.1. The molecule has 0 aromatic heterocycles. The molecule has 2 aliphatic rings. The van der Waals surface area contributed by atoms with Crippen LogP contribution in [0.15, 0.2) is 77.7 Å². The predicted molar refractivity (Wildman–Crippen MR) is 183 cm³/mol. The number of carboxylic acids is 1. The lowest BCUT2D eigenvalue weighted by Crippen LogP contribution is -2.48. The maximum absolute atomic E-state index is 13.9. The molecule has 2 heterocycles. The van der Waals surface area contributed by atoms with Crippen LogP contribution in [0.2, 0.25) is 0 Å². The van der Waals surface area contributed by atoms with Gasteiger partial charge in [-0.25, -0.2) is 13.2 Å². The van der Waals surface area contributed by atoms with Crippen molar-refractivity contribution in [3.63, 3.8) is 0 Å². The van der Waals surface area contributed by atoms with E-state index in [0.717, 1.165) is 45.6 Å². The van der Waals surface area contributed by atoms with Crippen LogP contribution in [-0.4, -0.2) is 56.7 Å². The van der Waals surface area contributed by atoms with Crippen LogP contribution in [0.3, 0.4) is 0 Å². The highest BCUT2D eigenvalue weighted by Gasteiger charge is 2.46. The van der Waals surface area contributed by atoms with E-state index in [4.69, 9.17) is 14.2 Å². The molecular weight excluding hydrogens is 614 g/mol. The molecule has 3 aromatic carbocycles. The highest BCUT2D eigenvalue weighted by molar-refractivity contribution is 7.89. The highest BCUT2D eigenvalue weighted by atomic mass is 32.2. The second-order valence-corrected chi connectivity index (χ2v) is 15.3. The Hall–Kier alpha value is -3.66. The van der Waals surface area contributed by atoms with E-state index in [-0.39, 0.29) is 28.3 Å². The van der Waals surface area contributed by atoms with Crippen molar-refractivity contribution in [3.05, 3.63) is 89.5 Å². The molecule has 9 heteroatoms. The van der Waals surface area contributed by atoms with Crippen molar-refractivity contribution in [1.29, 1.82) is 0 Å². The fourth-order valence-electron chi connectivity index (χ4n) is 6.95. The van der Waals surface area contributed by atoms with Gasteiger partial charge < -0.3 is 19.3 Å². The molecule has 0 unspecified atom stereocenters. The fourth-order valence-corrected chi connectivity index (χ4v) is 8.44. The third kappa shape index (κ3) is 7.58. The van der Waals surface area contributed by atoms with Gasteiger partial charge in [-0.1, -0.05) is 56.3 Å². The maximum Gasteiger partial charge on any atom is 0.341 e. The Morgan fingerprint density at radius 1 is 1.06 bits per heavy atom. The summed E-state index contributed by atoms with van der Waals surface area (Å²) in [6.45, 7) is 15.9. The lowest BCUT2D eigenvalue weighted by Gasteiger charge is -2.49. The minimum absolute atomic E-state index is 0.0354. The van der Waals surface area contributed by atoms with Crippen molar-refractivity contribution in [1.82, 2.24) is 4.31 Å². The van der Waals surface area contributed by atoms with Crippen molar-refractivity contribution < 1.29 is 32.5 Å². The monoisotopic (exact) mass is 661 g/mol. The molecule has 0 amide bonds. The topological polar surface area (TPSA) is 102 Å². The zero-order chi connectivity index (χ0) is 33.9. The van der Waals surface area contributed by atoms with Gasteiger partial charge in [0.05, 0.1) is 24.2 Å². The predicted octanol–water partition coefficient (Wildman–Crippen LogP) is 7.77. The second kappa shape index (κ2) is 14.2. The number of rotatable bonds is 11. The minimum atomic E-state index is -3.71. The van der Waals surface area contributed by atoms with Crippen LogP contribution >= 0.6 is 0 Å². The number of carboxylic acid groups (broad SMARTS) is 1. The van der Waals surface area contributed by atoms with Crippen LogP contribution in [0, 0.1) is 18.3 Å². The van der Waals surface area contributed by atoms with Crippen LogP contribution in [0.5, 0.6) is 11.5 Å². The zero-order valence-corrected chi connectivity index (χ0v) is 28.9. The Bertz CT molecular complexity index is 1720. The van der Waals surface area contributed by atoms with Gasteiger partial charge in [0.25, 0.3) is 0 Å². The Kier molecular flexibility index (Phi) is 10.5. The molecule has 5 rings (SSSR count). The molecule has 0 saturated carbocycles. The second-order valence-electron chi connectivity index (χ2n) is 13.4. The summed E-state index contributed by atoms with van der Waals surface area (Å²) >= 11 is 0. The summed E-state index contributed by atoms with van der Waals surface area (Å²) in [5.74, 6) is 0.463. The number of hydrogen-bond donors (Lipinski definition) is 1. The summed E-state index contributed by atoms with van der Waals surface area (Å²) in [5.41, 5.74) is 5.44. The molecule has 0 radical (unpaired) electrons. The molecule has 2 aliphatic heterocycles. The lowest BCUT2D eigenvalue weighted by atomic mass is 9.67. The molecule has 2 fully saturated rings. The summed E-state index contributed by atoms with van der Waals surface area (Å²) < 4.78 is 47.5. The molecular formula is C38H47NO7S. The third-order valence-electron chi connectivity index (χ3n) is 9.63. The van der Waals surface area contributed by atoms with Gasteiger partial charge in [-0.15, -0.1) is 0 Å². The van der Waals surface area contributed by atoms with Crippen LogP contribution in [-0.2, 0) is 19.6 Å². The van der Waals surface area contributed by atoms with Crippen LogP contribution in [0.25, 0.3) is 11.1 Å². The first-order valence-electron chi connectivity index (χ1n) is 16.4. The van der Waals surface area contributed by atoms with Gasteiger partial charge >= 0.3 is 5.97 Å². The summed E-state index contributed by atoms with van der Waals surface area (Å²) in [4.78, 5) is 11.7. The Labute approximate surface area is 279 Å². The first kappa shape index (κ1) is 34.7. The van der Waals surface area contributed by atoms with E-state index in [0.29, 0.717) is 44.9 Å². The number of ether oxygens (including phenoxy) is 3. The molecule has 0 bridgehead atoms. The van der Waals surface area contributed by atoms with Crippen molar-refractivity contribution in [2.75, 3.05) is 32.9 Å². The highest BCUT2D eigenvalue weighted by Crippen LogP contribution is 2.52. The molecule has 1 N–H and O–H groups in total. The summed E-state index contributed by atoms with van der Waals surface area (Å²) in [5, 5.41) is 9.35. The van der Waals surface area contributed by atoms with Crippen molar-refractivity contribution in [3.8, 4) is 22.6 Å². The Morgan fingerprint density at radius 3 is 2.38 bits per heavy atom. The normalized spacial score (nSPS) is 19.9. The summed E-state index contributed by atoms with van der Waals surface area (Å²) in [6.07, 6.45) is 1.81. The molecule has 0 aliphatic carbocycles. The summed E-state index contributed by atoms with van der Waals surface area (Å²) in [6, 6.07) is 18.9.